The van der Waals surface area contributed by atoms with Gasteiger partial charge in [0.05, 0.1) is 23.2 Å². The van der Waals surface area contributed by atoms with E-state index in [1.807, 2.05) is 37.3 Å². The van der Waals surface area contributed by atoms with E-state index in [2.05, 4.69) is 32.9 Å². The van der Waals surface area contributed by atoms with Gasteiger partial charge in [-0.15, -0.1) is 0 Å². The Morgan fingerprint density at radius 3 is 2.39 bits per heavy atom. The number of nitrogens with one attached hydrogen (secondary N) is 1. The van der Waals surface area contributed by atoms with Gasteiger partial charge in [-0.1, -0.05) is 55.5 Å². The Hall–Kier alpha value is -2.71. The molecule has 1 aliphatic rings. The standard InChI is InChI=1S/C25H30IN3O4S.CH2O3/c1-16-9-11-18(12-10-16)23-22(24(30)27-2)19-14-20(26)21(28-25(19)33-23)15-29(34(31)32)13-5-8-17-6-3-4-7-17;2-1(3)4/h9-12,14,17,34H,3-8,13,15H2,1-2H3,(H,27,30);(H2,2,3,4). The minimum Gasteiger partial charge on any atom is -0.450 e. The van der Waals surface area contributed by atoms with E-state index >= 15 is 0 Å². The highest BCUT2D eigenvalue weighted by Gasteiger charge is 2.24. The van der Waals surface area contributed by atoms with Crippen LogP contribution in [0.5, 0.6) is 0 Å². The molecule has 206 valence electrons. The van der Waals surface area contributed by atoms with E-state index in [0.717, 1.165) is 33.5 Å². The van der Waals surface area contributed by atoms with Crippen LogP contribution in [0, 0.1) is 16.4 Å². The van der Waals surface area contributed by atoms with E-state index in [-0.39, 0.29) is 12.5 Å². The molecule has 10 nitrogen and oxygen atoms in total. The summed E-state index contributed by atoms with van der Waals surface area (Å²) >= 11 is 2.15. The summed E-state index contributed by atoms with van der Waals surface area (Å²) in [7, 11) is -1.14. The number of halogens is 1. The van der Waals surface area contributed by atoms with Crippen LogP contribution in [0.3, 0.4) is 0 Å². The highest BCUT2D eigenvalue weighted by atomic mass is 127. The van der Waals surface area contributed by atoms with E-state index in [4.69, 9.17) is 19.4 Å². The molecule has 0 atom stereocenters. The summed E-state index contributed by atoms with van der Waals surface area (Å²) in [5.41, 5.74) is 3.28. The normalized spacial score (nSPS) is 13.6. The molecule has 0 saturated heterocycles. The van der Waals surface area contributed by atoms with E-state index < -0.39 is 17.0 Å². The molecule has 0 radical (unpaired) electrons. The predicted molar refractivity (Wildman–Crippen MR) is 153 cm³/mol. The molecular weight excluding hydrogens is 625 g/mol. The topological polar surface area (TPSA) is 150 Å². The number of furan rings is 1. The maximum absolute atomic E-state index is 12.8. The van der Waals surface area contributed by atoms with E-state index in [0.29, 0.717) is 34.7 Å². The van der Waals surface area contributed by atoms with Crippen molar-refractivity contribution < 1.29 is 32.6 Å². The lowest BCUT2D eigenvalue weighted by Gasteiger charge is -2.17. The van der Waals surface area contributed by atoms with Gasteiger partial charge < -0.3 is 19.9 Å². The fourth-order valence-corrected chi connectivity index (χ4v) is 5.81. The number of carbonyl (C=O) groups is 2. The van der Waals surface area contributed by atoms with Crippen molar-refractivity contribution in [1.82, 2.24) is 14.6 Å². The quantitative estimate of drug-likeness (QED) is 0.179. The number of thiol groups is 1. The fourth-order valence-electron chi connectivity index (χ4n) is 4.66. The van der Waals surface area contributed by atoms with Crippen LogP contribution in [0.4, 0.5) is 4.79 Å². The van der Waals surface area contributed by atoms with E-state index in [9.17, 15) is 13.2 Å². The number of nitrogens with zero attached hydrogens (tertiary/aromatic N) is 2. The number of aromatic nitrogens is 1. The first-order valence-electron chi connectivity index (χ1n) is 12.3. The van der Waals surface area contributed by atoms with E-state index in [1.54, 1.807) is 7.05 Å². The molecule has 0 bridgehead atoms. The maximum Gasteiger partial charge on any atom is 0.503 e. The molecule has 12 heteroatoms. The van der Waals surface area contributed by atoms with Crippen LogP contribution in [0.1, 0.15) is 60.1 Å². The molecule has 0 unspecified atom stereocenters. The molecule has 0 aliphatic heterocycles. The van der Waals surface area contributed by atoms with Gasteiger partial charge in [0.1, 0.15) is 5.76 Å². The number of aryl methyl sites for hydroxylation is 1. The SMILES string of the molecule is CNC(=O)c1c(-c2ccc(C)cc2)oc2nc(CN(CCCC3CCCC3)[SH](=O)=O)c(I)cc12.O=C(O)O. The number of pyridine rings is 1. The highest BCUT2D eigenvalue weighted by molar-refractivity contribution is 14.1. The van der Waals surface area contributed by atoms with Crippen LogP contribution in [-0.2, 0) is 17.4 Å². The van der Waals surface area contributed by atoms with Crippen molar-refractivity contribution in [2.24, 2.45) is 5.92 Å². The monoisotopic (exact) mass is 657 g/mol. The van der Waals surface area contributed by atoms with Gasteiger partial charge >= 0.3 is 6.16 Å². The second-order valence-corrected chi connectivity index (χ2v) is 11.4. The van der Waals surface area contributed by atoms with Crippen molar-refractivity contribution in [2.45, 2.75) is 52.0 Å². The summed E-state index contributed by atoms with van der Waals surface area (Å²) in [4.78, 5) is 26.0. The van der Waals surface area contributed by atoms with Crippen LogP contribution in [0.25, 0.3) is 22.4 Å². The summed E-state index contributed by atoms with van der Waals surface area (Å²) in [6.07, 6.45) is 5.18. The van der Waals surface area contributed by atoms with Crippen molar-refractivity contribution in [1.29, 1.82) is 0 Å². The molecule has 1 saturated carbocycles. The maximum atomic E-state index is 12.8. The zero-order valence-electron chi connectivity index (χ0n) is 21.3. The zero-order valence-corrected chi connectivity index (χ0v) is 24.3. The van der Waals surface area contributed by atoms with Crippen LogP contribution in [-0.4, -0.2) is 53.6 Å². The first-order valence-corrected chi connectivity index (χ1v) is 14.5. The second-order valence-electron chi connectivity index (χ2n) is 9.22. The largest absolute Gasteiger partial charge is 0.503 e. The number of amides is 1. The molecule has 1 aliphatic carbocycles. The average Bonchev–Trinajstić information content (AvgIpc) is 3.51. The number of hydrogen-bond donors (Lipinski definition) is 4. The Morgan fingerprint density at radius 2 is 1.82 bits per heavy atom. The molecule has 38 heavy (non-hydrogen) atoms. The number of benzene rings is 1. The molecule has 2 heterocycles. The van der Waals surface area contributed by atoms with Crippen LogP contribution in [0.15, 0.2) is 34.7 Å². The molecule has 1 amide bonds. The minimum absolute atomic E-state index is 0.188. The first-order chi connectivity index (χ1) is 18.1. The third kappa shape index (κ3) is 7.90. The highest BCUT2D eigenvalue weighted by Crippen LogP contribution is 2.35. The number of fused-ring (bicyclic) bond motifs is 1. The molecule has 3 N–H and O–H groups in total. The number of hydrogen-bond acceptors (Lipinski definition) is 6. The molecule has 4 rings (SSSR count). The summed E-state index contributed by atoms with van der Waals surface area (Å²) in [6, 6.07) is 9.62. The van der Waals surface area contributed by atoms with Crippen molar-refractivity contribution >= 4 is 56.6 Å². The van der Waals surface area contributed by atoms with Gasteiger partial charge in [-0.3, -0.25) is 4.79 Å². The van der Waals surface area contributed by atoms with Gasteiger partial charge in [-0.2, -0.15) is 4.31 Å². The Kier molecular flexibility index (Phi) is 10.9. The van der Waals surface area contributed by atoms with Gasteiger partial charge in [0.25, 0.3) is 5.91 Å². The lowest BCUT2D eigenvalue weighted by atomic mass is 10.0. The van der Waals surface area contributed by atoms with Gasteiger partial charge in [-0.25, -0.2) is 18.2 Å². The van der Waals surface area contributed by atoms with Crippen molar-refractivity contribution in [3.63, 3.8) is 0 Å². The van der Waals surface area contributed by atoms with Crippen molar-refractivity contribution in [2.75, 3.05) is 13.6 Å². The summed E-state index contributed by atoms with van der Waals surface area (Å²) in [6.45, 7) is 2.67. The predicted octanol–water partition coefficient (Wildman–Crippen LogP) is 5.29. The number of carbonyl (C=O) groups excluding carboxylic acids is 1. The molecule has 3 aromatic rings. The van der Waals surface area contributed by atoms with Crippen LogP contribution < -0.4 is 5.32 Å². The van der Waals surface area contributed by atoms with Gasteiger partial charge in [0.2, 0.25) is 16.6 Å². The Bertz CT molecular complexity index is 1340. The summed E-state index contributed by atoms with van der Waals surface area (Å²) < 4.78 is 32.3. The third-order valence-electron chi connectivity index (χ3n) is 6.54. The minimum atomic E-state index is -2.72. The summed E-state index contributed by atoms with van der Waals surface area (Å²) in [5, 5.41) is 17.2. The van der Waals surface area contributed by atoms with Crippen molar-refractivity contribution in [3.8, 4) is 11.3 Å². The molecule has 1 aromatic carbocycles. The molecule has 1 fully saturated rings. The molecule has 2 aromatic heterocycles. The fraction of sp³-hybridized carbons (Fsp3) is 0.423. The van der Waals surface area contributed by atoms with Crippen LogP contribution in [0.2, 0.25) is 0 Å². The van der Waals surface area contributed by atoms with Crippen molar-refractivity contribution in [3.05, 3.63) is 50.7 Å². The van der Waals surface area contributed by atoms with Gasteiger partial charge in [-0.05, 0) is 54.3 Å². The van der Waals surface area contributed by atoms with Crippen LogP contribution >= 0.6 is 22.6 Å². The molecule has 0 spiro atoms. The summed E-state index contributed by atoms with van der Waals surface area (Å²) in [5.74, 6) is 0.932. The smallest absolute Gasteiger partial charge is 0.450 e. The zero-order chi connectivity index (χ0) is 27.8. The molecular formula is C26H32IN3O7S. The van der Waals surface area contributed by atoms with Gasteiger partial charge in [0.15, 0.2) is 0 Å². The van der Waals surface area contributed by atoms with E-state index in [1.165, 1.54) is 30.0 Å². The first kappa shape index (κ1) is 29.8. The second kappa shape index (κ2) is 13.9. The number of rotatable bonds is 9. The lowest BCUT2D eigenvalue weighted by molar-refractivity contribution is 0.0964. The van der Waals surface area contributed by atoms with Gasteiger partial charge in [0, 0.05) is 22.7 Å². The Balaban J connectivity index is 0.000000934. The Morgan fingerprint density at radius 1 is 1.18 bits per heavy atom. The third-order valence-corrected chi connectivity index (χ3v) is 8.28. The number of carboxylic acid groups (broad SMARTS) is 2. The average molecular weight is 658 g/mol. The lowest BCUT2D eigenvalue weighted by Crippen LogP contribution is -2.24. The Labute approximate surface area is 236 Å².